The van der Waals surface area contributed by atoms with Crippen molar-refractivity contribution in [3.05, 3.63) is 60.4 Å². The van der Waals surface area contributed by atoms with Gasteiger partial charge in [-0.3, -0.25) is 4.68 Å². The Morgan fingerprint density at radius 1 is 1.20 bits per heavy atom. The van der Waals surface area contributed by atoms with E-state index in [1.807, 2.05) is 72.0 Å². The summed E-state index contributed by atoms with van der Waals surface area (Å²) in [6, 6.07) is 16.2. The quantitative estimate of drug-likeness (QED) is 0.356. The van der Waals surface area contributed by atoms with Crippen LogP contribution in [0.2, 0.25) is 0 Å². The summed E-state index contributed by atoms with van der Waals surface area (Å²) in [4.78, 5) is 11.6. The molecule has 0 bridgehead atoms. The molecule has 8 heteroatoms. The smallest absolute Gasteiger partial charge is 0.335 e. The Balaban J connectivity index is 1.53. The van der Waals surface area contributed by atoms with Gasteiger partial charge in [-0.25, -0.2) is 9.48 Å². The van der Waals surface area contributed by atoms with Crippen molar-refractivity contribution in [2.45, 2.75) is 51.2 Å². The van der Waals surface area contributed by atoms with Gasteiger partial charge in [0.05, 0.1) is 41.5 Å². The minimum absolute atomic E-state index is 0.258. The molecule has 4 aromatic rings. The fourth-order valence-corrected chi connectivity index (χ4v) is 4.13. The van der Waals surface area contributed by atoms with Gasteiger partial charge in [-0.05, 0) is 50.5 Å². The molecule has 0 aliphatic heterocycles. The van der Waals surface area contributed by atoms with Crippen LogP contribution in [-0.2, 0) is 23.0 Å². The monoisotopic (exact) mass is 474 g/mol. The fraction of sp³-hybridized carbons (Fsp3) is 0.370. The zero-order valence-electron chi connectivity index (χ0n) is 20.3. The fourth-order valence-electron chi connectivity index (χ4n) is 4.13. The molecule has 1 atom stereocenters. The SMILES string of the molecule is CC[C@@](C)(OCCc1cc(-c2cccc(OC3CC3)c2)n(-c2cccc3cnn(C)c23)n1)C(=O)O. The van der Waals surface area contributed by atoms with Crippen LogP contribution in [0, 0.1) is 0 Å². The third kappa shape index (κ3) is 4.66. The van der Waals surface area contributed by atoms with E-state index in [9.17, 15) is 9.90 Å². The Morgan fingerprint density at radius 2 is 2.00 bits per heavy atom. The van der Waals surface area contributed by atoms with Gasteiger partial charge in [0.1, 0.15) is 5.75 Å². The summed E-state index contributed by atoms with van der Waals surface area (Å²) in [6.07, 6.45) is 5.23. The van der Waals surface area contributed by atoms with E-state index in [1.165, 1.54) is 0 Å². The number of fused-ring (bicyclic) bond motifs is 1. The lowest BCUT2D eigenvalue weighted by Gasteiger charge is -2.23. The number of aliphatic carboxylic acids is 1. The maximum atomic E-state index is 11.6. The van der Waals surface area contributed by atoms with Crippen molar-refractivity contribution in [1.29, 1.82) is 0 Å². The second-order valence-corrected chi connectivity index (χ2v) is 9.25. The molecule has 1 aliphatic carbocycles. The lowest BCUT2D eigenvalue weighted by Crippen LogP contribution is -2.38. The molecule has 1 N–H and O–H groups in total. The second-order valence-electron chi connectivity index (χ2n) is 9.25. The van der Waals surface area contributed by atoms with Crippen molar-refractivity contribution in [2.24, 2.45) is 7.05 Å². The minimum atomic E-state index is -1.21. The average Bonchev–Trinajstić information content (AvgIpc) is 3.43. The van der Waals surface area contributed by atoms with Gasteiger partial charge in [0, 0.05) is 24.4 Å². The molecule has 0 saturated heterocycles. The molecule has 1 fully saturated rings. The van der Waals surface area contributed by atoms with E-state index < -0.39 is 11.6 Å². The summed E-state index contributed by atoms with van der Waals surface area (Å²) < 4.78 is 15.6. The molecule has 2 aromatic carbocycles. The molecule has 2 heterocycles. The van der Waals surface area contributed by atoms with E-state index in [4.69, 9.17) is 14.6 Å². The van der Waals surface area contributed by atoms with Crippen molar-refractivity contribution >= 4 is 16.9 Å². The zero-order valence-corrected chi connectivity index (χ0v) is 20.3. The molecule has 1 saturated carbocycles. The number of hydrogen-bond donors (Lipinski definition) is 1. The number of benzene rings is 2. The number of rotatable bonds is 10. The van der Waals surface area contributed by atoms with Crippen LogP contribution >= 0.6 is 0 Å². The third-order valence-electron chi connectivity index (χ3n) is 6.59. The highest BCUT2D eigenvalue weighted by molar-refractivity contribution is 5.87. The van der Waals surface area contributed by atoms with Crippen LogP contribution in [0.4, 0.5) is 0 Å². The van der Waals surface area contributed by atoms with Crippen molar-refractivity contribution in [1.82, 2.24) is 19.6 Å². The Bertz CT molecular complexity index is 1370. The number of para-hydroxylation sites is 1. The minimum Gasteiger partial charge on any atom is -0.490 e. The topological polar surface area (TPSA) is 91.4 Å². The summed E-state index contributed by atoms with van der Waals surface area (Å²) in [5.74, 6) is -0.108. The molecule has 0 unspecified atom stereocenters. The summed E-state index contributed by atoms with van der Waals surface area (Å²) in [5, 5.41) is 19.9. The molecule has 2 aromatic heterocycles. The normalized spacial score (nSPS) is 15.3. The van der Waals surface area contributed by atoms with Crippen molar-refractivity contribution in [2.75, 3.05) is 6.61 Å². The number of carbonyl (C=O) groups is 1. The number of hydrogen-bond acceptors (Lipinski definition) is 5. The summed E-state index contributed by atoms with van der Waals surface area (Å²) >= 11 is 0. The molecule has 0 spiro atoms. The summed E-state index contributed by atoms with van der Waals surface area (Å²) in [7, 11) is 1.92. The molecule has 5 rings (SSSR count). The predicted octanol–water partition coefficient (Wildman–Crippen LogP) is 4.78. The first-order chi connectivity index (χ1) is 16.9. The zero-order chi connectivity index (χ0) is 24.6. The molecule has 35 heavy (non-hydrogen) atoms. The number of carboxylic acids is 1. The van der Waals surface area contributed by atoms with Gasteiger partial charge >= 0.3 is 5.97 Å². The average molecular weight is 475 g/mol. The Kier molecular flexibility index (Phi) is 6.06. The Labute approximate surface area is 204 Å². The highest BCUT2D eigenvalue weighted by Gasteiger charge is 2.32. The van der Waals surface area contributed by atoms with Crippen LogP contribution < -0.4 is 4.74 Å². The lowest BCUT2D eigenvalue weighted by atomic mass is 10.0. The van der Waals surface area contributed by atoms with Crippen LogP contribution in [-0.4, -0.2) is 48.9 Å². The number of nitrogens with zero attached hydrogens (tertiary/aromatic N) is 4. The molecule has 0 amide bonds. The first-order valence-corrected chi connectivity index (χ1v) is 12.0. The number of aromatic nitrogens is 4. The van der Waals surface area contributed by atoms with Gasteiger partial charge in [0.15, 0.2) is 5.60 Å². The maximum absolute atomic E-state index is 11.6. The van der Waals surface area contributed by atoms with E-state index in [0.717, 1.165) is 52.1 Å². The van der Waals surface area contributed by atoms with Crippen molar-refractivity contribution < 1.29 is 19.4 Å². The van der Waals surface area contributed by atoms with Crippen LogP contribution in [0.25, 0.3) is 27.8 Å². The molecule has 0 radical (unpaired) electrons. The predicted molar refractivity (Wildman–Crippen MR) is 133 cm³/mol. The largest absolute Gasteiger partial charge is 0.490 e. The van der Waals surface area contributed by atoms with Crippen molar-refractivity contribution in [3.63, 3.8) is 0 Å². The van der Waals surface area contributed by atoms with Gasteiger partial charge in [-0.2, -0.15) is 10.2 Å². The summed E-state index contributed by atoms with van der Waals surface area (Å²) in [6.45, 7) is 3.67. The van der Waals surface area contributed by atoms with Crippen LogP contribution in [0.15, 0.2) is 54.7 Å². The summed E-state index contributed by atoms with van der Waals surface area (Å²) in [5.41, 5.74) is 3.42. The second kappa shape index (κ2) is 9.19. The number of ether oxygens (including phenoxy) is 2. The van der Waals surface area contributed by atoms with E-state index >= 15 is 0 Å². The lowest BCUT2D eigenvalue weighted by molar-refractivity contribution is -0.164. The van der Waals surface area contributed by atoms with Crippen molar-refractivity contribution in [3.8, 4) is 22.7 Å². The molecular weight excluding hydrogens is 444 g/mol. The van der Waals surface area contributed by atoms with Gasteiger partial charge in [0.25, 0.3) is 0 Å². The Morgan fingerprint density at radius 3 is 2.74 bits per heavy atom. The van der Waals surface area contributed by atoms with Crippen LogP contribution in [0.3, 0.4) is 0 Å². The van der Waals surface area contributed by atoms with Gasteiger partial charge in [-0.15, -0.1) is 0 Å². The van der Waals surface area contributed by atoms with E-state index in [-0.39, 0.29) is 6.61 Å². The highest BCUT2D eigenvalue weighted by Crippen LogP contribution is 2.32. The molecular formula is C27H30N4O4. The first-order valence-electron chi connectivity index (χ1n) is 12.0. The van der Waals surface area contributed by atoms with Gasteiger partial charge in [0.2, 0.25) is 0 Å². The standard InChI is InChI=1S/C27H30N4O4/c1-4-27(2,26(32)33)34-14-13-20-16-24(18-7-5-9-22(15-18)35-21-11-12-21)31(29-20)23-10-6-8-19-17-28-30(3)25(19)23/h5-10,15-17,21H,4,11-14H2,1-3H3,(H,32,33)/t27-/m1/s1. The van der Waals surface area contributed by atoms with Crippen LogP contribution in [0.5, 0.6) is 5.75 Å². The highest BCUT2D eigenvalue weighted by atomic mass is 16.5. The number of carboxylic acid groups (broad SMARTS) is 1. The van der Waals surface area contributed by atoms with E-state index in [0.29, 0.717) is 18.9 Å². The third-order valence-corrected chi connectivity index (χ3v) is 6.59. The molecule has 8 nitrogen and oxygen atoms in total. The maximum Gasteiger partial charge on any atom is 0.335 e. The first kappa shape index (κ1) is 23.1. The Hall–Kier alpha value is -3.65. The molecule has 1 aliphatic rings. The molecule has 182 valence electrons. The van der Waals surface area contributed by atoms with Gasteiger partial charge in [-0.1, -0.05) is 31.2 Å². The van der Waals surface area contributed by atoms with E-state index in [2.05, 4.69) is 11.2 Å². The number of aryl methyl sites for hydroxylation is 1. The van der Waals surface area contributed by atoms with Gasteiger partial charge < -0.3 is 14.6 Å². The van der Waals surface area contributed by atoms with E-state index in [1.54, 1.807) is 6.92 Å². The van der Waals surface area contributed by atoms with Crippen LogP contribution in [0.1, 0.15) is 38.8 Å².